The quantitative estimate of drug-likeness (QED) is 0.606. The molecule has 0 radical (unpaired) electrons. The fourth-order valence-corrected chi connectivity index (χ4v) is 5.36. The number of hydrogen-bond donors (Lipinski definition) is 1. The van der Waals surface area contributed by atoms with Gasteiger partial charge in [-0.05, 0) is 37.1 Å². The van der Waals surface area contributed by atoms with Gasteiger partial charge in [-0.3, -0.25) is 4.79 Å². The maximum Gasteiger partial charge on any atom is 0.342 e. The van der Waals surface area contributed by atoms with Crippen molar-refractivity contribution in [3.05, 3.63) is 54.1 Å². The second kappa shape index (κ2) is 10.6. The number of sulfonamides is 1. The summed E-state index contributed by atoms with van der Waals surface area (Å²) in [6.45, 7) is -0.566. The van der Waals surface area contributed by atoms with Gasteiger partial charge in [0.15, 0.2) is 6.61 Å². The van der Waals surface area contributed by atoms with Gasteiger partial charge in [0.05, 0.1) is 12.8 Å². The Hall–Kier alpha value is -2.91. The number of anilines is 1. The van der Waals surface area contributed by atoms with E-state index < -0.39 is 28.5 Å². The van der Waals surface area contributed by atoms with E-state index in [2.05, 4.69) is 5.32 Å². The molecule has 3 rings (SSSR count). The summed E-state index contributed by atoms with van der Waals surface area (Å²) in [4.78, 5) is 24.7. The van der Waals surface area contributed by atoms with Crippen LogP contribution in [0.25, 0.3) is 0 Å². The van der Waals surface area contributed by atoms with Crippen LogP contribution < -0.4 is 10.1 Å². The van der Waals surface area contributed by atoms with E-state index in [1.807, 2.05) is 0 Å². The third kappa shape index (κ3) is 5.46. The Bertz CT molecular complexity index is 1060. The first-order chi connectivity index (χ1) is 15.3. The minimum Gasteiger partial charge on any atom is -0.496 e. The normalized spacial score (nSPS) is 14.7. The number of hydrogen-bond acceptors (Lipinski definition) is 6. The summed E-state index contributed by atoms with van der Waals surface area (Å²) in [7, 11) is -0.790. The first-order valence-electron chi connectivity index (χ1n) is 10.5. The number of benzene rings is 2. The molecule has 1 saturated carbocycles. The van der Waals surface area contributed by atoms with Crippen molar-refractivity contribution >= 4 is 27.6 Å². The van der Waals surface area contributed by atoms with Crippen molar-refractivity contribution in [2.75, 3.05) is 26.1 Å². The maximum atomic E-state index is 13.2. The van der Waals surface area contributed by atoms with Gasteiger partial charge in [0.25, 0.3) is 5.91 Å². The van der Waals surface area contributed by atoms with E-state index in [-0.39, 0.29) is 22.2 Å². The molecule has 0 aliphatic heterocycles. The molecule has 0 bridgehead atoms. The average molecular weight is 461 g/mol. The van der Waals surface area contributed by atoms with Crippen molar-refractivity contribution in [3.8, 4) is 5.75 Å². The molecule has 0 spiro atoms. The number of carbonyl (C=O) groups is 2. The number of carbonyl (C=O) groups excluding carboxylic acids is 2. The third-order valence-corrected chi connectivity index (χ3v) is 7.54. The summed E-state index contributed by atoms with van der Waals surface area (Å²) >= 11 is 0. The van der Waals surface area contributed by atoms with E-state index >= 15 is 0 Å². The zero-order valence-electron chi connectivity index (χ0n) is 18.2. The number of nitrogens with zero attached hydrogens (tertiary/aromatic N) is 1. The number of para-hydroxylation sites is 2. The molecular weight excluding hydrogens is 432 g/mol. The van der Waals surface area contributed by atoms with Gasteiger partial charge < -0.3 is 14.8 Å². The molecule has 0 aromatic heterocycles. The predicted molar refractivity (Wildman–Crippen MR) is 120 cm³/mol. The highest BCUT2D eigenvalue weighted by molar-refractivity contribution is 7.89. The molecule has 32 heavy (non-hydrogen) atoms. The first-order valence-corrected chi connectivity index (χ1v) is 12.0. The van der Waals surface area contributed by atoms with Crippen LogP contribution in [-0.2, 0) is 19.6 Å². The Labute approximate surface area is 188 Å². The van der Waals surface area contributed by atoms with Crippen LogP contribution >= 0.6 is 0 Å². The Balaban J connectivity index is 1.69. The highest BCUT2D eigenvalue weighted by atomic mass is 32.2. The molecule has 1 N–H and O–H groups in total. The van der Waals surface area contributed by atoms with Crippen molar-refractivity contribution in [3.63, 3.8) is 0 Å². The van der Waals surface area contributed by atoms with Crippen LogP contribution in [0.3, 0.4) is 0 Å². The zero-order chi connectivity index (χ0) is 23.1. The summed E-state index contributed by atoms with van der Waals surface area (Å²) in [6.07, 6.45) is 4.76. The van der Waals surface area contributed by atoms with Crippen molar-refractivity contribution in [2.24, 2.45) is 0 Å². The first kappa shape index (κ1) is 23.7. The van der Waals surface area contributed by atoms with E-state index in [0.29, 0.717) is 5.75 Å². The molecule has 1 aliphatic rings. The van der Waals surface area contributed by atoms with Crippen LogP contribution in [0.15, 0.2) is 53.4 Å². The van der Waals surface area contributed by atoms with Gasteiger partial charge in [0, 0.05) is 13.1 Å². The minimum atomic E-state index is -3.80. The third-order valence-electron chi connectivity index (χ3n) is 5.57. The van der Waals surface area contributed by atoms with Gasteiger partial charge in [-0.15, -0.1) is 0 Å². The Morgan fingerprint density at radius 2 is 1.69 bits per heavy atom. The molecular formula is C23H28N2O6S. The van der Waals surface area contributed by atoms with E-state index in [1.54, 1.807) is 37.4 Å². The highest BCUT2D eigenvalue weighted by Crippen LogP contribution is 2.29. The molecule has 172 valence electrons. The molecule has 1 amide bonds. The molecule has 0 unspecified atom stereocenters. The fourth-order valence-electron chi connectivity index (χ4n) is 3.80. The van der Waals surface area contributed by atoms with E-state index in [4.69, 9.17) is 9.47 Å². The van der Waals surface area contributed by atoms with Crippen LogP contribution in [0.5, 0.6) is 5.75 Å². The predicted octanol–water partition coefficient (Wildman–Crippen LogP) is 3.44. The molecule has 0 saturated heterocycles. The number of esters is 1. The standard InChI is InChI=1S/C23H28N2O6S/c1-25(17-10-4-3-5-11-17)32(28,29)21-15-9-7-13-19(21)24-22(26)16-31-23(27)18-12-6-8-14-20(18)30-2/h6-9,12-15,17H,3-5,10-11,16H2,1-2H3,(H,24,26). The zero-order valence-corrected chi connectivity index (χ0v) is 19.1. The SMILES string of the molecule is COc1ccccc1C(=O)OCC(=O)Nc1ccccc1S(=O)(=O)N(C)C1CCCCC1. The van der Waals surface area contributed by atoms with Crippen molar-refractivity contribution in [1.29, 1.82) is 0 Å². The highest BCUT2D eigenvalue weighted by Gasteiger charge is 2.31. The van der Waals surface area contributed by atoms with Crippen LogP contribution in [0.2, 0.25) is 0 Å². The van der Waals surface area contributed by atoms with E-state index in [9.17, 15) is 18.0 Å². The second-order valence-electron chi connectivity index (χ2n) is 7.63. The molecule has 1 fully saturated rings. The summed E-state index contributed by atoms with van der Waals surface area (Å²) in [5.41, 5.74) is 0.341. The number of rotatable bonds is 8. The van der Waals surface area contributed by atoms with E-state index in [1.165, 1.54) is 29.6 Å². The van der Waals surface area contributed by atoms with Gasteiger partial charge in [0.2, 0.25) is 10.0 Å². The summed E-state index contributed by atoms with van der Waals surface area (Å²) in [5.74, 6) is -1.02. The number of methoxy groups -OCH3 is 1. The number of ether oxygens (including phenoxy) is 2. The second-order valence-corrected chi connectivity index (χ2v) is 9.60. The van der Waals surface area contributed by atoms with Gasteiger partial charge in [0.1, 0.15) is 16.2 Å². The summed E-state index contributed by atoms with van der Waals surface area (Å²) in [6, 6.07) is 12.7. The van der Waals surface area contributed by atoms with Gasteiger partial charge in [-0.1, -0.05) is 43.5 Å². The summed E-state index contributed by atoms with van der Waals surface area (Å²) in [5, 5.41) is 2.56. The molecule has 2 aromatic carbocycles. The van der Waals surface area contributed by atoms with Crippen molar-refractivity contribution < 1.29 is 27.5 Å². The monoisotopic (exact) mass is 460 g/mol. The van der Waals surface area contributed by atoms with Crippen LogP contribution in [0, 0.1) is 0 Å². The topological polar surface area (TPSA) is 102 Å². The van der Waals surface area contributed by atoms with Gasteiger partial charge >= 0.3 is 5.97 Å². The molecule has 8 nitrogen and oxygen atoms in total. The number of amides is 1. The lowest BCUT2D eigenvalue weighted by Crippen LogP contribution is -2.38. The number of nitrogens with one attached hydrogen (secondary N) is 1. The lowest BCUT2D eigenvalue weighted by molar-refractivity contribution is -0.119. The lowest BCUT2D eigenvalue weighted by atomic mass is 9.96. The van der Waals surface area contributed by atoms with Crippen LogP contribution in [0.4, 0.5) is 5.69 Å². The Kier molecular flexibility index (Phi) is 7.87. The smallest absolute Gasteiger partial charge is 0.342 e. The van der Waals surface area contributed by atoms with Crippen LogP contribution in [-0.4, -0.2) is 51.4 Å². The van der Waals surface area contributed by atoms with Gasteiger partial charge in [-0.2, -0.15) is 4.31 Å². The van der Waals surface area contributed by atoms with Gasteiger partial charge in [-0.25, -0.2) is 13.2 Å². The van der Waals surface area contributed by atoms with Crippen LogP contribution in [0.1, 0.15) is 42.5 Å². The van der Waals surface area contributed by atoms with Crippen molar-refractivity contribution in [1.82, 2.24) is 4.31 Å². The Morgan fingerprint density at radius 3 is 2.41 bits per heavy atom. The van der Waals surface area contributed by atoms with Crippen molar-refractivity contribution in [2.45, 2.75) is 43.0 Å². The molecule has 0 atom stereocenters. The maximum absolute atomic E-state index is 13.2. The van der Waals surface area contributed by atoms with E-state index in [0.717, 1.165) is 32.1 Å². The lowest BCUT2D eigenvalue weighted by Gasteiger charge is -2.30. The fraction of sp³-hybridized carbons (Fsp3) is 0.391. The molecule has 0 heterocycles. The molecule has 2 aromatic rings. The largest absolute Gasteiger partial charge is 0.496 e. The molecule has 1 aliphatic carbocycles. The summed E-state index contributed by atoms with van der Waals surface area (Å²) < 4.78 is 38.1. The Morgan fingerprint density at radius 1 is 1.03 bits per heavy atom. The average Bonchev–Trinajstić information content (AvgIpc) is 2.82. The molecule has 9 heteroatoms. The minimum absolute atomic E-state index is 0.0116.